The Morgan fingerprint density at radius 3 is 2.55 bits per heavy atom. The number of rotatable bonds is 4. The van der Waals surface area contributed by atoms with E-state index in [1.807, 2.05) is 6.07 Å². The van der Waals surface area contributed by atoms with Crippen molar-refractivity contribution in [3.8, 4) is 0 Å². The maximum absolute atomic E-state index is 14.0. The van der Waals surface area contributed by atoms with Crippen LogP contribution in [0.3, 0.4) is 0 Å². The Kier molecular flexibility index (Phi) is 10.0. The van der Waals surface area contributed by atoms with Gasteiger partial charge in [0.15, 0.2) is 0 Å². The molecule has 0 bridgehead atoms. The minimum atomic E-state index is -0.0878. The Hall–Kier alpha value is 0.130. The fourth-order valence-electron chi connectivity index (χ4n) is 2.57. The van der Waals surface area contributed by atoms with E-state index in [9.17, 15) is 4.39 Å². The van der Waals surface area contributed by atoms with Crippen molar-refractivity contribution in [2.75, 3.05) is 26.2 Å². The Morgan fingerprint density at radius 1 is 1.30 bits per heavy atom. The zero-order valence-corrected chi connectivity index (χ0v) is 14.8. The first-order valence-electron chi connectivity index (χ1n) is 6.62. The van der Waals surface area contributed by atoms with E-state index in [4.69, 9.17) is 0 Å². The van der Waals surface area contributed by atoms with E-state index in [1.165, 1.54) is 0 Å². The topological polar surface area (TPSA) is 15.3 Å². The van der Waals surface area contributed by atoms with E-state index in [2.05, 4.69) is 33.1 Å². The molecule has 0 spiro atoms. The molecular weight excluding hydrogens is 366 g/mol. The fourth-order valence-corrected chi connectivity index (χ4v) is 2.95. The molecule has 1 atom stereocenters. The summed E-state index contributed by atoms with van der Waals surface area (Å²) >= 11 is 3.44. The normalized spacial score (nSPS) is 16.9. The van der Waals surface area contributed by atoms with Crippen LogP contribution in [0.2, 0.25) is 0 Å². The molecule has 2 nitrogen and oxygen atoms in total. The van der Waals surface area contributed by atoms with Crippen molar-refractivity contribution in [1.29, 1.82) is 0 Å². The molecule has 1 N–H and O–H groups in total. The average Bonchev–Trinajstić information content (AvgIpc) is 2.40. The summed E-state index contributed by atoms with van der Waals surface area (Å²) in [6, 6.07) is 5.45. The van der Waals surface area contributed by atoms with Crippen LogP contribution in [0.25, 0.3) is 0 Å². The summed E-state index contributed by atoms with van der Waals surface area (Å²) < 4.78 is 15.0. The molecule has 1 fully saturated rings. The quantitative estimate of drug-likeness (QED) is 0.833. The van der Waals surface area contributed by atoms with Crippen molar-refractivity contribution in [3.05, 3.63) is 34.1 Å². The van der Waals surface area contributed by atoms with Gasteiger partial charge in [-0.2, -0.15) is 0 Å². The molecule has 0 amide bonds. The first-order valence-corrected chi connectivity index (χ1v) is 7.41. The molecule has 0 unspecified atom stereocenters. The summed E-state index contributed by atoms with van der Waals surface area (Å²) in [5, 5.41) is 3.34. The molecule has 1 aromatic carbocycles. The van der Waals surface area contributed by atoms with Gasteiger partial charge in [-0.1, -0.05) is 29.3 Å². The minimum Gasteiger partial charge on any atom is -0.314 e. The van der Waals surface area contributed by atoms with Crippen LogP contribution in [0.4, 0.5) is 4.39 Å². The Labute approximate surface area is 141 Å². The Morgan fingerprint density at radius 2 is 1.95 bits per heavy atom. The van der Waals surface area contributed by atoms with E-state index < -0.39 is 0 Å². The van der Waals surface area contributed by atoms with Crippen LogP contribution < -0.4 is 5.32 Å². The molecule has 0 aliphatic carbocycles. The smallest absolute Gasteiger partial charge is 0.128 e. The van der Waals surface area contributed by atoms with Crippen molar-refractivity contribution >= 4 is 40.7 Å². The van der Waals surface area contributed by atoms with Gasteiger partial charge in [0.1, 0.15) is 5.82 Å². The van der Waals surface area contributed by atoms with Gasteiger partial charge in [-0.05, 0) is 24.6 Å². The number of benzene rings is 1. The molecule has 1 aliphatic rings. The highest BCUT2D eigenvalue weighted by Crippen LogP contribution is 2.30. The van der Waals surface area contributed by atoms with Crippen molar-refractivity contribution in [3.63, 3.8) is 0 Å². The SMILES string of the molecule is CCC[C@H](c1cc(Br)ccc1F)N1CCNCC1.Cl.Cl. The lowest BCUT2D eigenvalue weighted by Crippen LogP contribution is -2.45. The third kappa shape index (κ3) is 5.15. The van der Waals surface area contributed by atoms with Crippen molar-refractivity contribution in [1.82, 2.24) is 10.2 Å². The number of halogens is 4. The van der Waals surface area contributed by atoms with Crippen molar-refractivity contribution in [2.45, 2.75) is 25.8 Å². The largest absolute Gasteiger partial charge is 0.314 e. The molecular formula is C14H22BrCl2FN2. The van der Waals surface area contributed by atoms with E-state index >= 15 is 0 Å². The second kappa shape index (κ2) is 9.96. The number of hydrogen-bond acceptors (Lipinski definition) is 2. The number of nitrogens with one attached hydrogen (secondary N) is 1. The predicted octanol–water partition coefficient (Wildman–Crippen LogP) is 4.18. The molecule has 0 aromatic heterocycles. The van der Waals surface area contributed by atoms with Gasteiger partial charge in [-0.3, -0.25) is 4.90 Å². The number of hydrogen-bond donors (Lipinski definition) is 1. The summed E-state index contributed by atoms with van der Waals surface area (Å²) in [7, 11) is 0. The summed E-state index contributed by atoms with van der Waals surface area (Å²) in [5.74, 6) is -0.0878. The lowest BCUT2D eigenvalue weighted by atomic mass is 9.99. The number of piperazine rings is 1. The molecule has 1 aromatic rings. The second-order valence-electron chi connectivity index (χ2n) is 4.76. The van der Waals surface area contributed by atoms with Crippen molar-refractivity contribution < 1.29 is 4.39 Å². The first kappa shape index (κ1) is 20.1. The second-order valence-corrected chi connectivity index (χ2v) is 5.67. The molecule has 0 saturated carbocycles. The summed E-state index contributed by atoms with van der Waals surface area (Å²) in [6.07, 6.45) is 2.08. The van der Waals surface area contributed by atoms with Gasteiger partial charge >= 0.3 is 0 Å². The van der Waals surface area contributed by atoms with Crippen LogP contribution in [0.5, 0.6) is 0 Å². The lowest BCUT2D eigenvalue weighted by Gasteiger charge is -2.35. The third-order valence-corrected chi connectivity index (χ3v) is 3.96. The van der Waals surface area contributed by atoms with Gasteiger partial charge in [0.2, 0.25) is 0 Å². The van der Waals surface area contributed by atoms with Crippen LogP contribution in [-0.4, -0.2) is 31.1 Å². The molecule has 0 radical (unpaired) electrons. The van der Waals surface area contributed by atoms with Gasteiger partial charge in [0, 0.05) is 42.3 Å². The zero-order valence-electron chi connectivity index (χ0n) is 11.6. The molecule has 1 heterocycles. The van der Waals surface area contributed by atoms with E-state index in [0.29, 0.717) is 0 Å². The standard InChI is InChI=1S/C14H20BrFN2.2ClH/c1-2-3-14(18-8-6-17-7-9-18)12-10-11(15)4-5-13(12)16;;/h4-5,10,14,17H,2-3,6-9H2,1H3;2*1H/t14-;;/m1../s1. The maximum Gasteiger partial charge on any atom is 0.128 e. The maximum atomic E-state index is 14.0. The zero-order chi connectivity index (χ0) is 13.0. The fraction of sp³-hybridized carbons (Fsp3) is 0.571. The molecule has 1 aliphatic heterocycles. The highest BCUT2D eigenvalue weighted by Gasteiger charge is 2.23. The summed E-state index contributed by atoms with van der Waals surface area (Å²) in [5.41, 5.74) is 0.827. The summed E-state index contributed by atoms with van der Waals surface area (Å²) in [6.45, 7) is 6.14. The Balaban J connectivity index is 0.00000180. The lowest BCUT2D eigenvalue weighted by molar-refractivity contribution is 0.161. The summed E-state index contributed by atoms with van der Waals surface area (Å²) in [4.78, 5) is 2.39. The molecule has 116 valence electrons. The number of nitrogens with zero attached hydrogens (tertiary/aromatic N) is 1. The van der Waals surface area contributed by atoms with Gasteiger partial charge in [0.25, 0.3) is 0 Å². The predicted molar refractivity (Wildman–Crippen MR) is 90.7 cm³/mol. The van der Waals surface area contributed by atoms with Gasteiger partial charge in [-0.25, -0.2) is 4.39 Å². The Bertz CT molecular complexity index is 401. The average molecular weight is 388 g/mol. The molecule has 2 rings (SSSR count). The third-order valence-electron chi connectivity index (χ3n) is 3.47. The van der Waals surface area contributed by atoms with Gasteiger partial charge < -0.3 is 5.32 Å². The minimum absolute atomic E-state index is 0. The van der Waals surface area contributed by atoms with Crippen LogP contribution in [-0.2, 0) is 0 Å². The molecule has 6 heteroatoms. The van der Waals surface area contributed by atoms with Crippen LogP contribution >= 0.6 is 40.7 Å². The van der Waals surface area contributed by atoms with Gasteiger partial charge in [-0.15, -0.1) is 24.8 Å². The molecule has 20 heavy (non-hydrogen) atoms. The monoisotopic (exact) mass is 386 g/mol. The van der Waals surface area contributed by atoms with E-state index in [1.54, 1.807) is 12.1 Å². The van der Waals surface area contributed by atoms with Crippen molar-refractivity contribution in [2.24, 2.45) is 0 Å². The highest BCUT2D eigenvalue weighted by atomic mass is 79.9. The van der Waals surface area contributed by atoms with Crippen LogP contribution in [0, 0.1) is 5.82 Å². The van der Waals surface area contributed by atoms with Crippen LogP contribution in [0.15, 0.2) is 22.7 Å². The van der Waals surface area contributed by atoms with Gasteiger partial charge in [0.05, 0.1) is 0 Å². The highest BCUT2D eigenvalue weighted by molar-refractivity contribution is 9.10. The van der Waals surface area contributed by atoms with Crippen LogP contribution in [0.1, 0.15) is 31.4 Å². The van der Waals surface area contributed by atoms with E-state index in [0.717, 1.165) is 49.1 Å². The van der Waals surface area contributed by atoms with E-state index in [-0.39, 0.29) is 36.7 Å². The molecule has 1 saturated heterocycles. The first-order chi connectivity index (χ1) is 8.72.